The number of benzene rings is 1. The molecule has 0 amide bonds. The van der Waals surface area contributed by atoms with E-state index in [9.17, 15) is 13.2 Å². The van der Waals surface area contributed by atoms with Crippen molar-refractivity contribution in [1.29, 1.82) is 0 Å². The van der Waals surface area contributed by atoms with Crippen LogP contribution in [0.2, 0.25) is 0 Å². The predicted molar refractivity (Wildman–Crippen MR) is 120 cm³/mol. The summed E-state index contributed by atoms with van der Waals surface area (Å²) in [6.45, 7) is 3.98. The molecule has 0 spiro atoms. The lowest BCUT2D eigenvalue weighted by Gasteiger charge is -2.27. The minimum atomic E-state index is -3.67. The lowest BCUT2D eigenvalue weighted by atomic mass is 10.2. The normalized spacial score (nSPS) is 19.8. The minimum Gasteiger partial charge on any atom is -0.468 e. The summed E-state index contributed by atoms with van der Waals surface area (Å²) >= 11 is 3.51. The highest BCUT2D eigenvalue weighted by atomic mass is 79.9. The standard InChI is InChI=1S/C20H28BrN5O4S/c1-3-4-9-24-10-11-31(28,29)26(19(15-24)20(27)30-2)14-17-13-25(23-22-17)12-16-7-5-6-8-18(16)21/h5-8,13,19H,3-4,9-12,14-15H2,1-2H3. The van der Waals surface area contributed by atoms with Gasteiger partial charge in [-0.15, -0.1) is 5.10 Å². The molecule has 1 atom stereocenters. The second-order valence-electron chi connectivity index (χ2n) is 7.55. The van der Waals surface area contributed by atoms with Crippen molar-refractivity contribution in [1.82, 2.24) is 24.2 Å². The average molecular weight is 514 g/mol. The van der Waals surface area contributed by atoms with Gasteiger partial charge in [0.2, 0.25) is 10.0 Å². The molecule has 1 aliphatic rings. The van der Waals surface area contributed by atoms with Gasteiger partial charge in [-0.2, -0.15) is 4.31 Å². The molecule has 0 aliphatic carbocycles. The molecule has 11 heteroatoms. The highest BCUT2D eigenvalue weighted by Gasteiger charge is 2.40. The molecule has 9 nitrogen and oxygen atoms in total. The highest BCUT2D eigenvalue weighted by molar-refractivity contribution is 9.10. The molecule has 1 saturated heterocycles. The largest absolute Gasteiger partial charge is 0.468 e. The molecule has 3 rings (SSSR count). The topological polar surface area (TPSA) is 97.6 Å². The number of esters is 1. The van der Waals surface area contributed by atoms with Crippen LogP contribution in [-0.2, 0) is 32.6 Å². The number of rotatable bonds is 8. The van der Waals surface area contributed by atoms with E-state index in [4.69, 9.17) is 4.74 Å². The van der Waals surface area contributed by atoms with Crippen LogP contribution in [0.5, 0.6) is 0 Å². The quantitative estimate of drug-likeness (QED) is 0.497. The van der Waals surface area contributed by atoms with Gasteiger partial charge < -0.3 is 9.64 Å². The van der Waals surface area contributed by atoms with Crippen molar-refractivity contribution in [2.45, 2.75) is 38.9 Å². The number of ether oxygens (including phenoxy) is 1. The monoisotopic (exact) mass is 513 g/mol. The Labute approximate surface area is 191 Å². The second-order valence-corrected chi connectivity index (χ2v) is 10.4. The zero-order chi connectivity index (χ0) is 22.4. The van der Waals surface area contributed by atoms with Crippen molar-refractivity contribution in [3.8, 4) is 0 Å². The maximum atomic E-state index is 13.0. The molecular weight excluding hydrogens is 486 g/mol. The maximum Gasteiger partial charge on any atom is 0.325 e. The minimum absolute atomic E-state index is 0.0281. The fourth-order valence-corrected chi connectivity index (χ4v) is 5.56. The second kappa shape index (κ2) is 10.7. The number of carbonyl (C=O) groups excluding carboxylic acids is 1. The lowest BCUT2D eigenvalue weighted by molar-refractivity contribution is -0.145. The van der Waals surface area contributed by atoms with Crippen molar-refractivity contribution in [3.05, 3.63) is 46.2 Å². The number of hydrogen-bond donors (Lipinski definition) is 0. The van der Waals surface area contributed by atoms with Crippen LogP contribution in [0.1, 0.15) is 31.0 Å². The first-order valence-electron chi connectivity index (χ1n) is 10.3. The number of halogens is 1. The number of unbranched alkanes of at least 4 members (excludes halogenated alkanes) is 1. The van der Waals surface area contributed by atoms with E-state index in [1.54, 1.807) is 10.9 Å². The highest BCUT2D eigenvalue weighted by Crippen LogP contribution is 2.20. The van der Waals surface area contributed by atoms with Gasteiger partial charge in [0, 0.05) is 17.6 Å². The van der Waals surface area contributed by atoms with E-state index < -0.39 is 22.0 Å². The van der Waals surface area contributed by atoms with E-state index in [1.165, 1.54) is 11.4 Å². The fourth-order valence-electron chi connectivity index (χ4n) is 3.55. The summed E-state index contributed by atoms with van der Waals surface area (Å²) in [7, 11) is -2.39. The zero-order valence-electron chi connectivity index (χ0n) is 17.8. The number of nitrogens with zero attached hydrogens (tertiary/aromatic N) is 5. The van der Waals surface area contributed by atoms with Gasteiger partial charge in [0.15, 0.2) is 0 Å². The molecule has 1 unspecified atom stereocenters. The van der Waals surface area contributed by atoms with Crippen LogP contribution in [0.4, 0.5) is 0 Å². The molecule has 0 bridgehead atoms. The summed E-state index contributed by atoms with van der Waals surface area (Å²) in [6.07, 6.45) is 3.65. The van der Waals surface area contributed by atoms with Crippen molar-refractivity contribution < 1.29 is 17.9 Å². The third-order valence-corrected chi connectivity index (χ3v) is 7.87. The lowest BCUT2D eigenvalue weighted by Crippen LogP contribution is -2.48. The van der Waals surface area contributed by atoms with E-state index in [-0.39, 0.29) is 12.3 Å². The van der Waals surface area contributed by atoms with Crippen LogP contribution in [-0.4, -0.2) is 77.1 Å². The van der Waals surface area contributed by atoms with Gasteiger partial charge in [0.25, 0.3) is 0 Å². The number of hydrogen-bond acceptors (Lipinski definition) is 7. The van der Waals surface area contributed by atoms with Crippen LogP contribution in [0.25, 0.3) is 0 Å². The van der Waals surface area contributed by atoms with E-state index >= 15 is 0 Å². The summed E-state index contributed by atoms with van der Waals surface area (Å²) in [4.78, 5) is 14.5. The first kappa shape index (κ1) is 23.8. The van der Waals surface area contributed by atoms with Gasteiger partial charge in [0.05, 0.1) is 37.8 Å². The van der Waals surface area contributed by atoms with Crippen LogP contribution < -0.4 is 0 Å². The Kier molecular flexibility index (Phi) is 8.20. The van der Waals surface area contributed by atoms with E-state index in [2.05, 4.69) is 33.2 Å². The molecule has 0 N–H and O–H groups in total. The third kappa shape index (κ3) is 6.12. The molecular formula is C20H28BrN5O4S. The Hall–Kier alpha value is -1.82. The van der Waals surface area contributed by atoms with Gasteiger partial charge in [-0.25, -0.2) is 13.1 Å². The number of methoxy groups -OCH3 is 1. The van der Waals surface area contributed by atoms with Crippen LogP contribution >= 0.6 is 15.9 Å². The number of aromatic nitrogens is 3. The summed E-state index contributed by atoms with van der Waals surface area (Å²) in [5.74, 6) is -0.609. The average Bonchev–Trinajstić information content (AvgIpc) is 3.15. The molecule has 1 aromatic heterocycles. The van der Waals surface area contributed by atoms with Gasteiger partial charge in [0.1, 0.15) is 6.04 Å². The van der Waals surface area contributed by atoms with E-state index in [0.29, 0.717) is 25.3 Å². The van der Waals surface area contributed by atoms with Crippen molar-refractivity contribution in [3.63, 3.8) is 0 Å². The van der Waals surface area contributed by atoms with Gasteiger partial charge in [-0.1, -0.05) is 52.7 Å². The Balaban J connectivity index is 1.81. The first-order valence-corrected chi connectivity index (χ1v) is 12.7. The summed E-state index contributed by atoms with van der Waals surface area (Å²) in [5.41, 5.74) is 1.51. The van der Waals surface area contributed by atoms with Crippen LogP contribution in [0.3, 0.4) is 0 Å². The molecule has 1 fully saturated rings. The summed E-state index contributed by atoms with van der Waals surface area (Å²) < 4.78 is 34.8. The Bertz CT molecular complexity index is 997. The smallest absolute Gasteiger partial charge is 0.325 e. The Morgan fingerprint density at radius 3 is 2.77 bits per heavy atom. The van der Waals surface area contributed by atoms with E-state index in [0.717, 1.165) is 29.4 Å². The Morgan fingerprint density at radius 2 is 2.06 bits per heavy atom. The third-order valence-electron chi connectivity index (χ3n) is 5.30. The summed E-state index contributed by atoms with van der Waals surface area (Å²) in [5, 5.41) is 8.28. The van der Waals surface area contributed by atoms with Gasteiger partial charge in [-0.3, -0.25) is 4.79 Å². The summed E-state index contributed by atoms with van der Waals surface area (Å²) in [6, 6.07) is 6.88. The molecule has 1 aromatic carbocycles. The molecule has 0 saturated carbocycles. The molecule has 1 aliphatic heterocycles. The molecule has 2 heterocycles. The fraction of sp³-hybridized carbons (Fsp3) is 0.550. The van der Waals surface area contributed by atoms with Crippen molar-refractivity contribution in [2.75, 3.05) is 32.5 Å². The van der Waals surface area contributed by atoms with E-state index in [1.807, 2.05) is 29.2 Å². The van der Waals surface area contributed by atoms with Crippen LogP contribution in [0, 0.1) is 0 Å². The zero-order valence-corrected chi connectivity index (χ0v) is 20.2. The SMILES string of the molecule is CCCCN1CCS(=O)(=O)N(Cc2cn(Cc3ccccc3Br)nn2)C(C(=O)OC)C1. The number of carbonyl (C=O) groups is 1. The van der Waals surface area contributed by atoms with Crippen LogP contribution in [0.15, 0.2) is 34.9 Å². The van der Waals surface area contributed by atoms with Gasteiger partial charge in [-0.05, 0) is 24.6 Å². The predicted octanol–water partition coefficient (Wildman–Crippen LogP) is 1.88. The first-order chi connectivity index (χ1) is 14.8. The van der Waals surface area contributed by atoms with Crippen molar-refractivity contribution >= 4 is 31.9 Å². The molecule has 31 heavy (non-hydrogen) atoms. The number of sulfonamides is 1. The molecule has 170 valence electrons. The van der Waals surface area contributed by atoms with Gasteiger partial charge >= 0.3 is 5.97 Å². The Morgan fingerprint density at radius 1 is 1.29 bits per heavy atom. The molecule has 0 radical (unpaired) electrons. The molecule has 2 aromatic rings. The van der Waals surface area contributed by atoms with Crippen molar-refractivity contribution in [2.24, 2.45) is 0 Å². The maximum absolute atomic E-state index is 13.0.